The number of thioether (sulfide) groups is 2. The second kappa shape index (κ2) is 11.4. The molecule has 2 saturated heterocycles. The minimum absolute atomic E-state index is 0.0856. The lowest BCUT2D eigenvalue weighted by Gasteiger charge is -2.19. The van der Waals surface area contributed by atoms with Crippen LogP contribution in [0.15, 0.2) is 46.5 Å². The Morgan fingerprint density at radius 3 is 1.50 bits per heavy atom. The molecule has 2 aliphatic heterocycles. The van der Waals surface area contributed by atoms with Crippen LogP contribution in [-0.4, -0.2) is 44.1 Å². The molecule has 2 aromatic heterocycles. The number of anilines is 2. The Hall–Kier alpha value is -4.52. The fourth-order valence-electron chi connectivity index (χ4n) is 5.02. The Balaban J connectivity index is 1.38. The summed E-state index contributed by atoms with van der Waals surface area (Å²) in [4.78, 5) is 63.8. The van der Waals surface area contributed by atoms with Crippen molar-refractivity contribution < 1.29 is 19.2 Å². The van der Waals surface area contributed by atoms with Gasteiger partial charge in [0.05, 0.1) is 33.0 Å². The van der Waals surface area contributed by atoms with Crippen LogP contribution in [0.25, 0.3) is 0 Å². The lowest BCUT2D eigenvalue weighted by molar-refractivity contribution is -0.122. The van der Waals surface area contributed by atoms with Gasteiger partial charge in [0.2, 0.25) is 23.6 Å². The van der Waals surface area contributed by atoms with Gasteiger partial charge in [-0.3, -0.25) is 19.2 Å². The molecule has 210 valence electrons. The van der Waals surface area contributed by atoms with Crippen LogP contribution in [0.3, 0.4) is 0 Å². The first kappa shape index (κ1) is 29.0. The molecule has 0 saturated carbocycles. The summed E-state index contributed by atoms with van der Waals surface area (Å²) in [6, 6.07) is 14.0. The molecule has 10 nitrogen and oxygen atoms in total. The minimum atomic E-state index is -0.780. The van der Waals surface area contributed by atoms with E-state index in [1.165, 1.54) is 6.07 Å². The molecule has 3 aromatic rings. The van der Waals surface area contributed by atoms with Gasteiger partial charge in [0.1, 0.15) is 22.2 Å². The van der Waals surface area contributed by atoms with Crippen molar-refractivity contribution in [3.63, 3.8) is 0 Å². The average Bonchev–Trinajstić information content (AvgIpc) is 3.36. The molecular formula is C30H24N6O4S2. The first-order chi connectivity index (χ1) is 20.0. The summed E-state index contributed by atoms with van der Waals surface area (Å²) >= 11 is 2.16. The molecule has 0 aliphatic carbocycles. The molecule has 4 amide bonds. The molecule has 2 aliphatic rings. The van der Waals surface area contributed by atoms with Crippen molar-refractivity contribution in [1.29, 1.82) is 10.5 Å². The summed E-state index contributed by atoms with van der Waals surface area (Å²) < 4.78 is 0. The SMILES string of the molecule is Cc1cc(C)c(C#N)c(S[C@H]2CC(=O)N(c3cccc(N4C(=O)C[C@H](Sc5nc(C)cc(C)c5C#N)C4=O)c3)C2=O)n1. The van der Waals surface area contributed by atoms with E-state index in [1.54, 1.807) is 58.0 Å². The molecule has 2 atom stereocenters. The summed E-state index contributed by atoms with van der Waals surface area (Å²) in [5.74, 6) is -1.81. The maximum Gasteiger partial charge on any atom is 0.247 e. The van der Waals surface area contributed by atoms with Crippen molar-refractivity contribution in [2.45, 2.75) is 61.1 Å². The van der Waals surface area contributed by atoms with E-state index >= 15 is 0 Å². The molecule has 0 unspecified atom stereocenters. The van der Waals surface area contributed by atoms with Crippen LogP contribution in [0, 0.1) is 50.4 Å². The normalized spacial score (nSPS) is 18.5. The van der Waals surface area contributed by atoms with Gasteiger partial charge in [-0.1, -0.05) is 29.6 Å². The molecule has 42 heavy (non-hydrogen) atoms. The first-order valence-electron chi connectivity index (χ1n) is 13.0. The van der Waals surface area contributed by atoms with Crippen molar-refractivity contribution in [1.82, 2.24) is 9.97 Å². The zero-order valence-electron chi connectivity index (χ0n) is 23.2. The molecule has 4 heterocycles. The maximum absolute atomic E-state index is 13.4. The van der Waals surface area contributed by atoms with E-state index in [4.69, 9.17) is 0 Å². The van der Waals surface area contributed by atoms with Crippen LogP contribution in [-0.2, 0) is 19.2 Å². The number of hydrogen-bond acceptors (Lipinski definition) is 10. The number of benzene rings is 1. The van der Waals surface area contributed by atoms with Gasteiger partial charge >= 0.3 is 0 Å². The molecule has 0 bridgehead atoms. The van der Waals surface area contributed by atoms with E-state index in [9.17, 15) is 29.7 Å². The summed E-state index contributed by atoms with van der Waals surface area (Å²) in [5.41, 5.74) is 4.07. The second-order valence-electron chi connectivity index (χ2n) is 10.0. The number of hydrogen-bond donors (Lipinski definition) is 0. The van der Waals surface area contributed by atoms with Gasteiger partial charge in [-0.25, -0.2) is 19.8 Å². The largest absolute Gasteiger partial charge is 0.274 e. The van der Waals surface area contributed by atoms with Gasteiger partial charge in [-0.05, 0) is 69.2 Å². The molecule has 12 heteroatoms. The van der Waals surface area contributed by atoms with E-state index in [-0.39, 0.29) is 24.2 Å². The van der Waals surface area contributed by atoms with Crippen LogP contribution in [0.1, 0.15) is 46.5 Å². The summed E-state index contributed by atoms with van der Waals surface area (Å²) in [5, 5.41) is 18.4. The standard InChI is InChI=1S/C30H24N6O4S2/c1-15-8-17(3)33-27(21(15)13-31)41-23-11-25(37)35(29(23)39)19-6-5-7-20(10-19)36-26(38)12-24(30(36)40)42-28-22(14-32)16(2)9-18(4)34-28/h5-10,23-24H,11-12H2,1-4H3/t23-,24-/m0/s1. The van der Waals surface area contributed by atoms with Crippen molar-refractivity contribution in [2.75, 3.05) is 9.80 Å². The Morgan fingerprint density at radius 2 is 1.12 bits per heavy atom. The van der Waals surface area contributed by atoms with Gasteiger partial charge in [0, 0.05) is 24.2 Å². The zero-order chi connectivity index (χ0) is 30.3. The predicted octanol–water partition coefficient (Wildman–Crippen LogP) is 4.30. The monoisotopic (exact) mass is 596 g/mol. The fourth-order valence-corrected chi connectivity index (χ4v) is 7.47. The van der Waals surface area contributed by atoms with E-state index < -0.39 is 34.1 Å². The van der Waals surface area contributed by atoms with Gasteiger partial charge in [-0.15, -0.1) is 0 Å². The molecule has 0 spiro atoms. The average molecular weight is 597 g/mol. The van der Waals surface area contributed by atoms with Crippen LogP contribution in [0.5, 0.6) is 0 Å². The Kier molecular flexibility index (Phi) is 7.87. The van der Waals surface area contributed by atoms with E-state index in [2.05, 4.69) is 22.1 Å². The smallest absolute Gasteiger partial charge is 0.247 e. The van der Waals surface area contributed by atoms with Crippen molar-refractivity contribution >= 4 is 58.5 Å². The number of imide groups is 2. The lowest BCUT2D eigenvalue weighted by Crippen LogP contribution is -2.33. The quantitative estimate of drug-likeness (QED) is 0.377. The number of pyridine rings is 2. The minimum Gasteiger partial charge on any atom is -0.274 e. The molecule has 5 rings (SSSR count). The second-order valence-corrected chi connectivity index (χ2v) is 12.4. The highest BCUT2D eigenvalue weighted by atomic mass is 32.2. The molecule has 1 aromatic carbocycles. The Morgan fingerprint density at radius 1 is 0.714 bits per heavy atom. The van der Waals surface area contributed by atoms with Crippen LogP contribution in [0.2, 0.25) is 0 Å². The summed E-state index contributed by atoms with van der Waals surface area (Å²) in [6.45, 7) is 7.17. The number of nitriles is 2. The number of rotatable bonds is 6. The number of aryl methyl sites for hydroxylation is 4. The third kappa shape index (κ3) is 5.27. The maximum atomic E-state index is 13.4. The highest BCUT2D eigenvalue weighted by Gasteiger charge is 2.43. The lowest BCUT2D eigenvalue weighted by atomic mass is 10.1. The topological polar surface area (TPSA) is 148 Å². The fraction of sp³-hybridized carbons (Fsp3) is 0.267. The summed E-state index contributed by atoms with van der Waals surface area (Å²) in [7, 11) is 0. The van der Waals surface area contributed by atoms with Crippen LogP contribution >= 0.6 is 23.5 Å². The van der Waals surface area contributed by atoms with E-state index in [0.717, 1.165) is 44.5 Å². The van der Waals surface area contributed by atoms with Crippen molar-refractivity contribution in [3.8, 4) is 12.1 Å². The Bertz CT molecular complexity index is 1650. The summed E-state index contributed by atoms with van der Waals surface area (Å²) in [6.07, 6.45) is -0.171. The van der Waals surface area contributed by atoms with Gasteiger partial charge in [0.25, 0.3) is 0 Å². The molecule has 2 fully saturated rings. The van der Waals surface area contributed by atoms with E-state index in [0.29, 0.717) is 32.6 Å². The highest BCUT2D eigenvalue weighted by molar-refractivity contribution is 8.01. The number of carbonyl (C=O) groups excluding carboxylic acids is 4. The number of nitrogens with zero attached hydrogens (tertiary/aromatic N) is 6. The Labute approximate surface area is 250 Å². The zero-order valence-corrected chi connectivity index (χ0v) is 24.8. The highest BCUT2D eigenvalue weighted by Crippen LogP contribution is 2.39. The van der Waals surface area contributed by atoms with Gasteiger partial charge < -0.3 is 0 Å². The van der Waals surface area contributed by atoms with Crippen LogP contribution in [0.4, 0.5) is 11.4 Å². The van der Waals surface area contributed by atoms with Gasteiger partial charge in [-0.2, -0.15) is 10.5 Å². The molecular weight excluding hydrogens is 573 g/mol. The van der Waals surface area contributed by atoms with Crippen molar-refractivity contribution in [3.05, 3.63) is 70.0 Å². The van der Waals surface area contributed by atoms with E-state index in [1.807, 2.05) is 0 Å². The third-order valence-electron chi connectivity index (χ3n) is 6.91. The predicted molar refractivity (Wildman–Crippen MR) is 157 cm³/mol. The molecule has 0 radical (unpaired) electrons. The van der Waals surface area contributed by atoms with Gasteiger partial charge in [0.15, 0.2) is 0 Å². The van der Waals surface area contributed by atoms with Crippen LogP contribution < -0.4 is 9.80 Å². The van der Waals surface area contributed by atoms with Crippen molar-refractivity contribution in [2.24, 2.45) is 0 Å². The first-order valence-corrected chi connectivity index (χ1v) is 14.7. The number of amides is 4. The number of carbonyl (C=O) groups is 4. The number of aromatic nitrogens is 2. The molecule has 0 N–H and O–H groups in total. The third-order valence-corrected chi connectivity index (χ3v) is 9.25.